The number of carbonyl (C=O) groups excluding carboxylic acids is 2. The van der Waals surface area contributed by atoms with Gasteiger partial charge in [-0.25, -0.2) is 4.98 Å². The molecule has 180 valence electrons. The highest BCUT2D eigenvalue weighted by molar-refractivity contribution is 7.22. The molecule has 1 aliphatic rings. The summed E-state index contributed by atoms with van der Waals surface area (Å²) in [5, 5.41) is 6.52. The number of carbonyl (C=O) groups is 2. The molecule has 0 unspecified atom stereocenters. The molecule has 1 aliphatic heterocycles. The highest BCUT2D eigenvalue weighted by Gasteiger charge is 2.27. The third kappa shape index (κ3) is 5.27. The average Bonchev–Trinajstić information content (AvgIpc) is 3.26. The van der Waals surface area contributed by atoms with Crippen LogP contribution >= 0.6 is 11.3 Å². The van der Waals surface area contributed by atoms with E-state index in [2.05, 4.69) is 25.5 Å². The van der Waals surface area contributed by atoms with E-state index in [9.17, 15) is 14.4 Å². The molecular formula is C24H30N6O3S. The molecule has 0 saturated carbocycles. The van der Waals surface area contributed by atoms with Crippen LogP contribution in [0.3, 0.4) is 0 Å². The van der Waals surface area contributed by atoms with Gasteiger partial charge in [0.1, 0.15) is 17.6 Å². The number of anilines is 2. The van der Waals surface area contributed by atoms with Crippen LogP contribution in [0.1, 0.15) is 37.3 Å². The Hall–Kier alpha value is -3.27. The van der Waals surface area contributed by atoms with Crippen molar-refractivity contribution in [1.82, 2.24) is 19.9 Å². The number of fused-ring (bicyclic) bond motifs is 1. The summed E-state index contributed by atoms with van der Waals surface area (Å²) in [6.07, 6.45) is 4.00. The Kier molecular flexibility index (Phi) is 7.26. The van der Waals surface area contributed by atoms with Crippen molar-refractivity contribution < 1.29 is 9.59 Å². The topological polar surface area (TPSA) is 109 Å². The van der Waals surface area contributed by atoms with Gasteiger partial charge in [0.2, 0.25) is 11.8 Å². The van der Waals surface area contributed by atoms with E-state index in [4.69, 9.17) is 0 Å². The highest BCUT2D eigenvalue weighted by Crippen LogP contribution is 2.29. The minimum Gasteiger partial charge on any atom is -0.356 e. The van der Waals surface area contributed by atoms with Gasteiger partial charge in [-0.15, -0.1) is 0 Å². The van der Waals surface area contributed by atoms with Crippen molar-refractivity contribution in [1.29, 1.82) is 0 Å². The average molecular weight is 483 g/mol. The second-order valence-electron chi connectivity index (χ2n) is 8.77. The van der Waals surface area contributed by atoms with Crippen molar-refractivity contribution in [2.45, 2.75) is 46.6 Å². The van der Waals surface area contributed by atoms with Crippen LogP contribution < -0.4 is 21.1 Å². The molecule has 0 radical (unpaired) electrons. The Bertz CT molecular complexity index is 1270. The van der Waals surface area contributed by atoms with Crippen molar-refractivity contribution in [2.75, 3.05) is 29.9 Å². The lowest BCUT2D eigenvalue weighted by Gasteiger charge is -2.31. The Labute approximate surface area is 202 Å². The smallest absolute Gasteiger partial charge is 0.273 e. The van der Waals surface area contributed by atoms with Gasteiger partial charge >= 0.3 is 0 Å². The van der Waals surface area contributed by atoms with E-state index in [1.165, 1.54) is 22.2 Å². The van der Waals surface area contributed by atoms with Crippen molar-refractivity contribution in [3.05, 3.63) is 46.0 Å². The van der Waals surface area contributed by atoms with E-state index in [1.807, 2.05) is 39.0 Å². The summed E-state index contributed by atoms with van der Waals surface area (Å²) in [5.41, 5.74) is 2.88. The van der Waals surface area contributed by atoms with E-state index < -0.39 is 0 Å². The number of benzene rings is 1. The lowest BCUT2D eigenvalue weighted by molar-refractivity contribution is -0.125. The van der Waals surface area contributed by atoms with E-state index in [-0.39, 0.29) is 29.8 Å². The standard InChI is InChI=1S/C24H30N6O3S/c1-4-9-25-22(32)17-6-5-10-29(12-17)24-28-21-20(34-24)23(33)30(14-26-21)13-19(31)27-18-8-7-15(2)11-16(18)3/h7-8,11,14,17H,4-6,9-10,12-13H2,1-3H3,(H,25,32)(H,27,31)/t17-/m0/s1. The molecule has 1 saturated heterocycles. The second-order valence-corrected chi connectivity index (χ2v) is 9.75. The predicted octanol–water partition coefficient (Wildman–Crippen LogP) is 2.85. The number of hydrogen-bond donors (Lipinski definition) is 2. The summed E-state index contributed by atoms with van der Waals surface area (Å²) in [7, 11) is 0. The van der Waals surface area contributed by atoms with Gasteiger partial charge in [0.05, 0.1) is 5.92 Å². The SMILES string of the molecule is CCCNC(=O)[C@H]1CCCN(c2nc3ncn(CC(=O)Nc4ccc(C)cc4C)c(=O)c3s2)C1. The van der Waals surface area contributed by atoms with Gasteiger partial charge in [-0.3, -0.25) is 19.0 Å². The number of aromatic nitrogens is 3. The molecule has 0 bridgehead atoms. The van der Waals surface area contributed by atoms with E-state index in [0.29, 0.717) is 28.6 Å². The van der Waals surface area contributed by atoms with Crippen LogP contribution in [0.25, 0.3) is 10.3 Å². The first kappa shape index (κ1) is 23.9. The molecule has 4 rings (SSSR count). The van der Waals surface area contributed by atoms with E-state index in [1.54, 1.807) is 0 Å². The Morgan fingerprint density at radius 1 is 1.26 bits per heavy atom. The van der Waals surface area contributed by atoms with E-state index in [0.717, 1.165) is 42.6 Å². The van der Waals surface area contributed by atoms with Crippen LogP contribution in [0, 0.1) is 19.8 Å². The molecule has 1 fully saturated rings. The summed E-state index contributed by atoms with van der Waals surface area (Å²) in [6.45, 7) is 7.85. The number of nitrogens with one attached hydrogen (secondary N) is 2. The summed E-state index contributed by atoms with van der Waals surface area (Å²) >= 11 is 1.27. The molecular weight excluding hydrogens is 452 g/mol. The summed E-state index contributed by atoms with van der Waals surface area (Å²) in [4.78, 5) is 49.0. The molecule has 34 heavy (non-hydrogen) atoms. The minimum atomic E-state index is -0.295. The molecule has 2 N–H and O–H groups in total. The van der Waals surface area contributed by atoms with Gasteiger partial charge in [0.15, 0.2) is 10.8 Å². The molecule has 1 atom stereocenters. The van der Waals surface area contributed by atoms with Crippen molar-refractivity contribution in [2.24, 2.45) is 5.92 Å². The molecule has 0 spiro atoms. The molecule has 3 aromatic rings. The van der Waals surface area contributed by atoms with Gasteiger partial charge in [-0.2, -0.15) is 4.98 Å². The first-order chi connectivity index (χ1) is 16.4. The lowest BCUT2D eigenvalue weighted by Crippen LogP contribution is -2.43. The quantitative estimate of drug-likeness (QED) is 0.536. The fourth-order valence-corrected chi connectivity index (χ4v) is 5.14. The maximum Gasteiger partial charge on any atom is 0.273 e. The largest absolute Gasteiger partial charge is 0.356 e. The predicted molar refractivity (Wildman–Crippen MR) is 134 cm³/mol. The van der Waals surface area contributed by atoms with E-state index >= 15 is 0 Å². The number of thiazole rings is 1. The first-order valence-corrected chi connectivity index (χ1v) is 12.4. The van der Waals surface area contributed by atoms with Crippen LogP contribution in [0.15, 0.2) is 29.3 Å². The number of hydrogen-bond acceptors (Lipinski definition) is 7. The third-order valence-electron chi connectivity index (χ3n) is 5.95. The van der Waals surface area contributed by atoms with Crippen molar-refractivity contribution in [3.8, 4) is 0 Å². The number of amides is 2. The van der Waals surface area contributed by atoms with Crippen LogP contribution in [0.5, 0.6) is 0 Å². The first-order valence-electron chi connectivity index (χ1n) is 11.6. The van der Waals surface area contributed by atoms with Crippen LogP contribution in [0.4, 0.5) is 10.8 Å². The molecule has 10 heteroatoms. The Morgan fingerprint density at radius 3 is 2.85 bits per heavy atom. The fraction of sp³-hybridized carbons (Fsp3) is 0.458. The van der Waals surface area contributed by atoms with Crippen LogP contribution in [0.2, 0.25) is 0 Å². The third-order valence-corrected chi connectivity index (χ3v) is 7.05. The Balaban J connectivity index is 1.48. The molecule has 0 aliphatic carbocycles. The summed E-state index contributed by atoms with van der Waals surface area (Å²) < 4.78 is 1.72. The van der Waals surface area contributed by atoms with Gasteiger partial charge < -0.3 is 15.5 Å². The monoisotopic (exact) mass is 482 g/mol. The van der Waals surface area contributed by atoms with Gasteiger partial charge in [0, 0.05) is 25.3 Å². The number of piperidine rings is 1. The van der Waals surface area contributed by atoms with Crippen LogP contribution in [-0.2, 0) is 16.1 Å². The zero-order chi connectivity index (χ0) is 24.2. The number of rotatable bonds is 7. The molecule has 1 aromatic carbocycles. The van der Waals surface area contributed by atoms with Gasteiger partial charge in [-0.05, 0) is 44.7 Å². The lowest BCUT2D eigenvalue weighted by atomic mass is 9.97. The molecule has 3 heterocycles. The zero-order valence-electron chi connectivity index (χ0n) is 19.8. The summed E-state index contributed by atoms with van der Waals surface area (Å²) in [5.74, 6) is -0.314. The normalized spacial score (nSPS) is 16.0. The van der Waals surface area contributed by atoms with Crippen LogP contribution in [-0.4, -0.2) is 46.0 Å². The number of aryl methyl sites for hydroxylation is 2. The number of nitrogens with zero attached hydrogens (tertiary/aromatic N) is 4. The highest BCUT2D eigenvalue weighted by atomic mass is 32.1. The molecule has 9 nitrogen and oxygen atoms in total. The molecule has 2 aromatic heterocycles. The zero-order valence-corrected chi connectivity index (χ0v) is 20.6. The van der Waals surface area contributed by atoms with Crippen molar-refractivity contribution >= 4 is 44.3 Å². The maximum atomic E-state index is 13.0. The maximum absolute atomic E-state index is 13.0. The van der Waals surface area contributed by atoms with Gasteiger partial charge in [-0.1, -0.05) is 36.0 Å². The summed E-state index contributed by atoms with van der Waals surface area (Å²) in [6, 6.07) is 5.78. The molecule has 2 amide bonds. The van der Waals surface area contributed by atoms with Gasteiger partial charge in [0.25, 0.3) is 5.56 Å². The fourth-order valence-electron chi connectivity index (χ4n) is 4.14. The minimum absolute atomic E-state index is 0.0722. The van der Waals surface area contributed by atoms with Crippen molar-refractivity contribution in [3.63, 3.8) is 0 Å². The Morgan fingerprint density at radius 2 is 2.09 bits per heavy atom. The second kappa shape index (κ2) is 10.3.